The van der Waals surface area contributed by atoms with Crippen LogP contribution in [0.15, 0.2) is 218 Å². The number of hydrogen-bond donors (Lipinski definition) is 0. The lowest BCUT2D eigenvalue weighted by molar-refractivity contribution is 1.06. The van der Waals surface area contributed by atoms with E-state index in [1.807, 2.05) is 60.7 Å². The van der Waals surface area contributed by atoms with Crippen LogP contribution in [0.3, 0.4) is 0 Å². The van der Waals surface area contributed by atoms with Crippen molar-refractivity contribution < 1.29 is 0 Å². The van der Waals surface area contributed by atoms with Crippen molar-refractivity contribution in [3.8, 4) is 96.1 Å². The number of aromatic nitrogens is 5. The molecule has 0 aliphatic rings. The number of benzene rings is 11. The molecule has 0 unspecified atom stereocenters. The molecule has 0 saturated heterocycles. The number of nitriles is 1. The third kappa shape index (κ3) is 8.93. The monoisotopic (exact) mass is 1080 g/mol. The maximum Gasteiger partial charge on any atom is 0.165 e. The van der Waals surface area contributed by atoms with Gasteiger partial charge in [0.25, 0.3) is 0 Å². The van der Waals surface area contributed by atoms with Gasteiger partial charge in [-0.3, -0.25) is 0 Å². The highest BCUT2D eigenvalue weighted by molar-refractivity contribution is 6.14. The van der Waals surface area contributed by atoms with Gasteiger partial charge in [0.15, 0.2) is 17.5 Å². The fraction of sp³-hybridized carbons (Fsp3) is 0.103. The van der Waals surface area contributed by atoms with E-state index in [2.05, 4.69) is 228 Å². The first kappa shape index (κ1) is 51.7. The van der Waals surface area contributed by atoms with E-state index in [0.717, 1.165) is 88.4 Å². The maximum atomic E-state index is 11.7. The summed E-state index contributed by atoms with van der Waals surface area (Å²) in [6.45, 7) is 17.4. The molecule has 84 heavy (non-hydrogen) atoms. The van der Waals surface area contributed by atoms with Gasteiger partial charge in [-0.1, -0.05) is 180 Å². The van der Waals surface area contributed by atoms with Crippen LogP contribution in [0.25, 0.3) is 134 Å². The zero-order chi connectivity index (χ0) is 57.5. The number of hydrogen-bond acceptors (Lipinski definition) is 4. The lowest BCUT2D eigenvalue weighted by atomic mass is 9.95. The second-order valence-electron chi connectivity index (χ2n) is 22.9. The second-order valence-corrected chi connectivity index (χ2v) is 22.9. The fourth-order valence-electron chi connectivity index (χ4n) is 12.9. The molecule has 0 fully saturated rings. The molecule has 11 aromatic carbocycles. The van der Waals surface area contributed by atoms with Crippen LogP contribution in [0.5, 0.6) is 0 Å². The molecule has 14 rings (SSSR count). The van der Waals surface area contributed by atoms with E-state index in [-0.39, 0.29) is 0 Å². The summed E-state index contributed by atoms with van der Waals surface area (Å²) in [5.74, 6) is 1.44. The van der Waals surface area contributed by atoms with E-state index in [1.54, 1.807) is 0 Å². The van der Waals surface area contributed by atoms with Crippen LogP contribution < -0.4 is 0 Å². The molecule has 0 atom stereocenters. The maximum absolute atomic E-state index is 11.7. The Morgan fingerprint density at radius 2 is 0.595 bits per heavy atom. The summed E-state index contributed by atoms with van der Waals surface area (Å²) in [5.41, 5.74) is 27.7. The zero-order valence-corrected chi connectivity index (χ0v) is 48.5. The molecule has 0 aliphatic heterocycles. The van der Waals surface area contributed by atoms with Gasteiger partial charge in [0, 0.05) is 38.2 Å². The van der Waals surface area contributed by atoms with Gasteiger partial charge in [-0.25, -0.2) is 15.0 Å². The summed E-state index contributed by atoms with van der Waals surface area (Å²) in [4.78, 5) is 15.6. The summed E-state index contributed by atoms with van der Waals surface area (Å²) in [7, 11) is 0. The lowest BCUT2D eigenvalue weighted by Crippen LogP contribution is -2.07. The van der Waals surface area contributed by atoms with Crippen molar-refractivity contribution >= 4 is 43.6 Å². The number of nitrogens with zero attached hydrogens (tertiary/aromatic N) is 6. The predicted molar refractivity (Wildman–Crippen MR) is 349 cm³/mol. The van der Waals surface area contributed by atoms with Crippen molar-refractivity contribution in [3.63, 3.8) is 0 Å². The van der Waals surface area contributed by atoms with Crippen molar-refractivity contribution in [1.29, 1.82) is 5.26 Å². The second kappa shape index (κ2) is 20.5. The van der Waals surface area contributed by atoms with Gasteiger partial charge in [-0.2, -0.15) is 5.26 Å². The normalized spacial score (nSPS) is 11.6. The minimum Gasteiger partial charge on any atom is -0.307 e. The molecule has 0 aliphatic carbocycles. The van der Waals surface area contributed by atoms with Crippen LogP contribution in [0.4, 0.5) is 0 Å². The Kier molecular flexibility index (Phi) is 12.6. The first-order valence-corrected chi connectivity index (χ1v) is 28.8. The highest BCUT2D eigenvalue weighted by Crippen LogP contribution is 2.45. The van der Waals surface area contributed by atoms with Gasteiger partial charge >= 0.3 is 0 Å². The van der Waals surface area contributed by atoms with E-state index in [4.69, 9.17) is 15.0 Å². The Morgan fingerprint density at radius 3 is 0.905 bits per heavy atom. The van der Waals surface area contributed by atoms with Gasteiger partial charge in [0.1, 0.15) is 0 Å². The number of aryl methyl sites for hydroxylation is 8. The average Bonchev–Trinajstić information content (AvgIpc) is 2.13. The Hall–Kier alpha value is -10.5. The third-order valence-electron chi connectivity index (χ3n) is 17.0. The molecular weight excluding hydrogens is 1020 g/mol. The SMILES string of the molecule is Cc1ccc(-c2ccc3c(c2)c2cc(-c4ccc(C)cc4C)ccc2n3-c2cc(C#N)c(-c3nc(-c4ccccc4)nc(-c4ccccc4)n3)cc2-n2c3ccc(-c4ccc(C)cc4C)cc3c3cc(-c4ccc(C)cc4C)ccc32)c(C)c1. The summed E-state index contributed by atoms with van der Waals surface area (Å²) in [5, 5.41) is 16.1. The van der Waals surface area contributed by atoms with Crippen LogP contribution in [0.1, 0.15) is 50.1 Å². The fourth-order valence-corrected chi connectivity index (χ4v) is 12.9. The summed E-state index contributed by atoms with van der Waals surface area (Å²) in [6.07, 6.45) is 0. The molecule has 14 aromatic rings. The Labute approximate surface area is 490 Å². The van der Waals surface area contributed by atoms with Crippen molar-refractivity contribution in [2.75, 3.05) is 0 Å². The molecule has 0 amide bonds. The molecule has 3 heterocycles. The standard InChI is InChI=1S/C78H60N6/c1-46-19-27-61(50(5)35-46)56-23-31-70-66(39-56)67-40-57(62-28-20-47(2)36-51(62)6)24-32-71(67)83(70)74-43-60(45-79)65(78-81-76(54-15-11-9-12-16-54)80-77(82-78)55-17-13-10-14-18-55)44-75(74)84-72-33-25-58(63-29-21-48(3)37-52(63)7)41-68(72)69-42-59(26-34-73(69)84)64-30-22-49(4)38-53(64)8/h9-44H,1-8H3. The topological polar surface area (TPSA) is 72.3 Å². The summed E-state index contributed by atoms with van der Waals surface area (Å²) in [6, 6.07) is 81.4. The Balaban J connectivity index is 1.12. The molecule has 0 saturated carbocycles. The Bertz CT molecular complexity index is 4780. The molecule has 0 radical (unpaired) electrons. The van der Waals surface area contributed by atoms with Crippen LogP contribution >= 0.6 is 0 Å². The van der Waals surface area contributed by atoms with Gasteiger partial charge in [-0.15, -0.1) is 0 Å². The van der Waals surface area contributed by atoms with E-state index in [1.165, 1.54) is 66.8 Å². The molecule has 402 valence electrons. The molecule has 3 aromatic heterocycles. The minimum atomic E-state index is 0.403. The number of fused-ring (bicyclic) bond motifs is 6. The zero-order valence-electron chi connectivity index (χ0n) is 48.5. The van der Waals surface area contributed by atoms with Gasteiger partial charge < -0.3 is 9.13 Å². The van der Waals surface area contributed by atoms with Gasteiger partial charge in [0.05, 0.1) is 45.1 Å². The molecule has 6 nitrogen and oxygen atoms in total. The lowest BCUT2D eigenvalue weighted by Gasteiger charge is -2.20. The van der Waals surface area contributed by atoms with E-state index < -0.39 is 0 Å². The molecule has 6 heteroatoms. The van der Waals surface area contributed by atoms with Gasteiger partial charge in [0.2, 0.25) is 0 Å². The van der Waals surface area contributed by atoms with Crippen LogP contribution in [0, 0.1) is 66.7 Å². The third-order valence-corrected chi connectivity index (χ3v) is 17.0. The largest absolute Gasteiger partial charge is 0.307 e. The highest BCUT2D eigenvalue weighted by atomic mass is 15.1. The van der Waals surface area contributed by atoms with E-state index in [0.29, 0.717) is 28.6 Å². The number of rotatable bonds is 9. The predicted octanol–water partition coefficient (Wildman–Crippen LogP) is 20.1. The van der Waals surface area contributed by atoms with Crippen LogP contribution in [0.2, 0.25) is 0 Å². The van der Waals surface area contributed by atoms with E-state index in [9.17, 15) is 5.26 Å². The molecule has 0 N–H and O–H groups in total. The first-order chi connectivity index (χ1) is 40.8. The minimum absolute atomic E-state index is 0.403. The Morgan fingerprint density at radius 1 is 0.286 bits per heavy atom. The quantitative estimate of drug-likeness (QED) is 0.144. The summed E-state index contributed by atoms with van der Waals surface area (Å²) < 4.78 is 4.79. The molecule has 0 spiro atoms. The van der Waals surface area contributed by atoms with Gasteiger partial charge in [-0.05, 0) is 183 Å². The molecular formula is C78H60N6. The van der Waals surface area contributed by atoms with E-state index >= 15 is 0 Å². The molecule has 0 bridgehead atoms. The first-order valence-electron chi connectivity index (χ1n) is 28.8. The average molecular weight is 1080 g/mol. The highest BCUT2D eigenvalue weighted by Gasteiger charge is 2.26. The van der Waals surface area contributed by atoms with Crippen molar-refractivity contribution in [2.24, 2.45) is 0 Å². The summed E-state index contributed by atoms with van der Waals surface area (Å²) >= 11 is 0. The van der Waals surface area contributed by atoms with Crippen molar-refractivity contribution in [1.82, 2.24) is 24.1 Å². The van der Waals surface area contributed by atoms with Crippen LogP contribution in [-0.2, 0) is 0 Å². The van der Waals surface area contributed by atoms with Crippen LogP contribution in [-0.4, -0.2) is 24.1 Å². The smallest absolute Gasteiger partial charge is 0.165 e. The van der Waals surface area contributed by atoms with Crippen molar-refractivity contribution in [2.45, 2.75) is 55.4 Å². The van der Waals surface area contributed by atoms with Crippen molar-refractivity contribution in [3.05, 3.63) is 268 Å².